The molecule has 19 heavy (non-hydrogen) atoms. The predicted octanol–water partition coefficient (Wildman–Crippen LogP) is 4.05. The molecule has 0 aliphatic rings. The number of anilines is 1. The number of aromatic nitrogens is 2. The van der Waals surface area contributed by atoms with Gasteiger partial charge in [-0.3, -0.25) is 10.1 Å². The smallest absolute Gasteiger partial charge is 0.259 e. The number of hydrogen-bond donors (Lipinski definition) is 1. The van der Waals surface area contributed by atoms with Crippen molar-refractivity contribution in [1.82, 2.24) is 10.2 Å². The summed E-state index contributed by atoms with van der Waals surface area (Å²) in [6.07, 6.45) is 1.84. The third kappa shape index (κ3) is 3.65. The van der Waals surface area contributed by atoms with E-state index in [9.17, 15) is 4.79 Å². The highest BCUT2D eigenvalue weighted by atomic mass is 35.5. The zero-order valence-electron chi connectivity index (χ0n) is 10.1. The normalized spacial score (nSPS) is 10.5. The first-order valence-corrected chi connectivity index (χ1v) is 7.26. The molecule has 1 aromatic carbocycles. The van der Waals surface area contributed by atoms with E-state index in [-0.39, 0.29) is 5.91 Å². The number of hydrogen-bond acceptors (Lipinski definition) is 4. The molecule has 0 fully saturated rings. The average Bonchev–Trinajstić information content (AvgIpc) is 2.80. The molecule has 2 rings (SSSR count). The molecule has 0 atom stereocenters. The highest BCUT2D eigenvalue weighted by molar-refractivity contribution is 7.15. The number of aryl methyl sites for hydroxylation is 1. The summed E-state index contributed by atoms with van der Waals surface area (Å²) in [6, 6.07) is 4.74. The fraction of sp³-hybridized carbons (Fsp3) is 0.250. The molecule has 100 valence electrons. The van der Waals surface area contributed by atoms with Crippen LogP contribution in [0.3, 0.4) is 0 Å². The van der Waals surface area contributed by atoms with E-state index in [2.05, 4.69) is 22.4 Å². The summed E-state index contributed by atoms with van der Waals surface area (Å²) in [4.78, 5) is 12.0. The van der Waals surface area contributed by atoms with Gasteiger partial charge in [0.25, 0.3) is 5.91 Å². The molecular formula is C12H11Cl2N3OS. The Morgan fingerprint density at radius 3 is 2.89 bits per heavy atom. The van der Waals surface area contributed by atoms with Crippen molar-refractivity contribution in [3.8, 4) is 0 Å². The van der Waals surface area contributed by atoms with Gasteiger partial charge in [-0.1, -0.05) is 41.5 Å². The summed E-state index contributed by atoms with van der Waals surface area (Å²) in [5.41, 5.74) is 0.321. The van der Waals surface area contributed by atoms with Gasteiger partial charge in [0.15, 0.2) is 0 Å². The SMILES string of the molecule is CCCc1nnc(NC(=O)c2cc(Cl)ccc2Cl)s1. The van der Waals surface area contributed by atoms with Crippen molar-refractivity contribution in [1.29, 1.82) is 0 Å². The van der Waals surface area contributed by atoms with Crippen LogP contribution < -0.4 is 5.32 Å². The second-order valence-corrected chi connectivity index (χ2v) is 5.73. The van der Waals surface area contributed by atoms with Gasteiger partial charge in [-0.2, -0.15) is 0 Å². The van der Waals surface area contributed by atoms with E-state index >= 15 is 0 Å². The van der Waals surface area contributed by atoms with E-state index in [4.69, 9.17) is 23.2 Å². The van der Waals surface area contributed by atoms with Crippen molar-refractivity contribution >= 4 is 45.6 Å². The van der Waals surface area contributed by atoms with Crippen LogP contribution in [-0.4, -0.2) is 16.1 Å². The lowest BCUT2D eigenvalue weighted by Gasteiger charge is -2.03. The molecule has 0 bridgehead atoms. The minimum absolute atomic E-state index is 0.321. The van der Waals surface area contributed by atoms with Crippen LogP contribution in [0.15, 0.2) is 18.2 Å². The molecule has 0 saturated heterocycles. The molecular weight excluding hydrogens is 305 g/mol. The lowest BCUT2D eigenvalue weighted by molar-refractivity contribution is 0.102. The van der Waals surface area contributed by atoms with Crippen LogP contribution in [0.25, 0.3) is 0 Å². The first-order chi connectivity index (χ1) is 9.10. The third-order valence-electron chi connectivity index (χ3n) is 2.32. The maximum atomic E-state index is 12.0. The molecule has 1 heterocycles. The fourth-order valence-corrected chi connectivity index (χ4v) is 2.67. The Bertz CT molecular complexity index is 600. The van der Waals surface area contributed by atoms with Gasteiger partial charge in [-0.25, -0.2) is 0 Å². The monoisotopic (exact) mass is 315 g/mol. The molecule has 0 radical (unpaired) electrons. The number of carbonyl (C=O) groups is 1. The van der Waals surface area contributed by atoms with E-state index in [1.807, 2.05) is 0 Å². The minimum atomic E-state index is -0.341. The molecule has 0 aliphatic carbocycles. The Kier molecular flexibility index (Phi) is 4.74. The van der Waals surface area contributed by atoms with Crippen LogP contribution in [0.1, 0.15) is 28.7 Å². The molecule has 0 aliphatic heterocycles. The quantitative estimate of drug-likeness (QED) is 0.926. The van der Waals surface area contributed by atoms with E-state index in [1.54, 1.807) is 12.1 Å². The minimum Gasteiger partial charge on any atom is -0.296 e. The zero-order chi connectivity index (χ0) is 13.8. The number of amides is 1. The zero-order valence-corrected chi connectivity index (χ0v) is 12.4. The fourth-order valence-electron chi connectivity index (χ4n) is 1.45. The van der Waals surface area contributed by atoms with Crippen molar-refractivity contribution in [2.75, 3.05) is 5.32 Å². The Morgan fingerprint density at radius 2 is 2.16 bits per heavy atom. The van der Waals surface area contributed by atoms with Crippen molar-refractivity contribution in [3.63, 3.8) is 0 Å². The second kappa shape index (κ2) is 6.32. The molecule has 0 spiro atoms. The van der Waals surface area contributed by atoms with Gasteiger partial charge >= 0.3 is 0 Å². The number of nitrogens with one attached hydrogen (secondary N) is 1. The number of halogens is 2. The summed E-state index contributed by atoms with van der Waals surface area (Å²) in [5, 5.41) is 12.7. The molecule has 7 heteroatoms. The second-order valence-electron chi connectivity index (χ2n) is 3.83. The topological polar surface area (TPSA) is 54.9 Å². The third-order valence-corrected chi connectivity index (χ3v) is 3.79. The van der Waals surface area contributed by atoms with Gasteiger partial charge in [0.1, 0.15) is 5.01 Å². The highest BCUT2D eigenvalue weighted by Crippen LogP contribution is 2.23. The van der Waals surface area contributed by atoms with Gasteiger partial charge in [0, 0.05) is 11.4 Å². The molecule has 0 unspecified atom stereocenters. The van der Waals surface area contributed by atoms with E-state index in [0.717, 1.165) is 17.8 Å². The maximum absolute atomic E-state index is 12.0. The first-order valence-electron chi connectivity index (χ1n) is 5.69. The van der Waals surface area contributed by atoms with Gasteiger partial charge in [-0.15, -0.1) is 10.2 Å². The molecule has 2 aromatic rings. The number of rotatable bonds is 4. The Balaban J connectivity index is 2.13. The Morgan fingerprint density at radius 1 is 1.37 bits per heavy atom. The summed E-state index contributed by atoms with van der Waals surface area (Å²) < 4.78 is 0. The number of carbonyl (C=O) groups excluding carboxylic acids is 1. The van der Waals surface area contributed by atoms with E-state index < -0.39 is 0 Å². The molecule has 1 aromatic heterocycles. The highest BCUT2D eigenvalue weighted by Gasteiger charge is 2.13. The first kappa shape index (κ1) is 14.2. The summed E-state index contributed by atoms with van der Waals surface area (Å²) >= 11 is 13.2. The molecule has 0 saturated carbocycles. The average molecular weight is 316 g/mol. The van der Waals surface area contributed by atoms with Crippen molar-refractivity contribution < 1.29 is 4.79 Å². The van der Waals surface area contributed by atoms with Gasteiger partial charge < -0.3 is 0 Å². The van der Waals surface area contributed by atoms with Crippen molar-refractivity contribution in [2.45, 2.75) is 19.8 Å². The van der Waals surface area contributed by atoms with Gasteiger partial charge in [-0.05, 0) is 24.6 Å². The number of benzene rings is 1. The van der Waals surface area contributed by atoms with E-state index in [1.165, 1.54) is 17.4 Å². The van der Waals surface area contributed by atoms with Crippen LogP contribution in [0.4, 0.5) is 5.13 Å². The summed E-state index contributed by atoms with van der Waals surface area (Å²) in [6.45, 7) is 2.06. The van der Waals surface area contributed by atoms with Crippen LogP contribution in [-0.2, 0) is 6.42 Å². The largest absolute Gasteiger partial charge is 0.296 e. The maximum Gasteiger partial charge on any atom is 0.259 e. The van der Waals surface area contributed by atoms with Gasteiger partial charge in [0.2, 0.25) is 5.13 Å². The summed E-state index contributed by atoms with van der Waals surface area (Å²) in [5.74, 6) is -0.341. The predicted molar refractivity (Wildman–Crippen MR) is 78.3 cm³/mol. The lowest BCUT2D eigenvalue weighted by atomic mass is 10.2. The molecule has 4 nitrogen and oxygen atoms in total. The molecule has 1 N–H and O–H groups in total. The van der Waals surface area contributed by atoms with Crippen molar-refractivity contribution in [3.05, 3.63) is 38.8 Å². The lowest BCUT2D eigenvalue weighted by Crippen LogP contribution is -2.12. The standard InChI is InChI=1S/C12H11Cl2N3OS/c1-2-3-10-16-17-12(19-10)15-11(18)8-6-7(13)4-5-9(8)14/h4-6H,2-3H2,1H3,(H,15,17,18). The Hall–Kier alpha value is -1.17. The summed E-state index contributed by atoms with van der Waals surface area (Å²) in [7, 11) is 0. The van der Waals surface area contributed by atoms with Crippen LogP contribution in [0.2, 0.25) is 10.0 Å². The van der Waals surface area contributed by atoms with Gasteiger partial charge in [0.05, 0.1) is 10.6 Å². The van der Waals surface area contributed by atoms with Crippen LogP contribution in [0, 0.1) is 0 Å². The van der Waals surface area contributed by atoms with Crippen LogP contribution in [0.5, 0.6) is 0 Å². The molecule has 1 amide bonds. The Labute approximate surface area is 124 Å². The van der Waals surface area contributed by atoms with E-state index in [0.29, 0.717) is 20.7 Å². The number of nitrogens with zero attached hydrogens (tertiary/aromatic N) is 2. The van der Waals surface area contributed by atoms with Crippen LogP contribution >= 0.6 is 34.5 Å². The van der Waals surface area contributed by atoms with Crippen molar-refractivity contribution in [2.24, 2.45) is 0 Å².